The lowest BCUT2D eigenvalue weighted by Gasteiger charge is -2.22. The van der Waals surface area contributed by atoms with Crippen LogP contribution in [0.25, 0.3) is 5.57 Å². The quantitative estimate of drug-likeness (QED) is 0.572. The monoisotopic (exact) mass is 343 g/mol. The molecule has 0 saturated carbocycles. The molecular weight excluding hydrogens is 327 g/mol. The number of hydrazone groups is 1. The number of rotatable bonds is 1. The average molecular weight is 344 g/mol. The highest BCUT2D eigenvalue weighted by Gasteiger charge is 2.35. The Morgan fingerprint density at radius 2 is 2.09 bits per heavy atom. The molecule has 1 unspecified atom stereocenters. The Hall–Kier alpha value is -1.82. The fourth-order valence-corrected chi connectivity index (χ4v) is 3.00. The van der Waals surface area contributed by atoms with Crippen molar-refractivity contribution in [3.63, 3.8) is 0 Å². The molecule has 124 valence electrons. The first kappa shape index (κ1) is 17.5. The molecule has 0 amide bonds. The van der Waals surface area contributed by atoms with Crippen molar-refractivity contribution in [2.45, 2.75) is 32.9 Å². The van der Waals surface area contributed by atoms with Crippen molar-refractivity contribution in [1.82, 2.24) is 0 Å². The van der Waals surface area contributed by atoms with Crippen LogP contribution in [0.1, 0.15) is 37.0 Å². The topological polar surface area (TPSA) is 50.7 Å². The third-order valence-corrected chi connectivity index (χ3v) is 4.15. The summed E-state index contributed by atoms with van der Waals surface area (Å²) in [4.78, 5) is 4.21. The van der Waals surface area contributed by atoms with Gasteiger partial charge in [-0.15, -0.1) is 0 Å². The van der Waals surface area contributed by atoms with E-state index in [4.69, 9.17) is 17.4 Å². The van der Waals surface area contributed by atoms with Gasteiger partial charge in [0.1, 0.15) is 5.71 Å². The maximum atomic E-state index is 13.3. The van der Waals surface area contributed by atoms with Crippen LogP contribution in [-0.4, -0.2) is 10.9 Å². The van der Waals surface area contributed by atoms with Gasteiger partial charge < -0.3 is 5.84 Å². The Morgan fingerprint density at radius 3 is 2.61 bits per heavy atom. The third kappa shape index (κ3) is 3.42. The van der Waals surface area contributed by atoms with Crippen molar-refractivity contribution in [3.8, 4) is 0 Å². The summed E-state index contributed by atoms with van der Waals surface area (Å²) in [5.74, 6) is 5.32. The number of nitrogens with zero attached hydrogens (tertiary/aromatic N) is 2. The minimum atomic E-state index is -4.49. The summed E-state index contributed by atoms with van der Waals surface area (Å²) in [6, 6.07) is 2.53. The van der Waals surface area contributed by atoms with E-state index in [1.54, 1.807) is 0 Å². The van der Waals surface area contributed by atoms with Gasteiger partial charge in [0.25, 0.3) is 0 Å². The van der Waals surface area contributed by atoms with Crippen molar-refractivity contribution in [2.75, 3.05) is 0 Å². The van der Waals surface area contributed by atoms with Crippen LogP contribution in [-0.2, 0) is 12.6 Å². The Balaban J connectivity index is 2.79. The Morgan fingerprint density at radius 1 is 1.43 bits per heavy atom. The van der Waals surface area contributed by atoms with E-state index < -0.39 is 11.7 Å². The van der Waals surface area contributed by atoms with E-state index in [1.807, 2.05) is 6.92 Å². The van der Waals surface area contributed by atoms with E-state index in [0.717, 1.165) is 6.07 Å². The van der Waals surface area contributed by atoms with Gasteiger partial charge in [-0.05, 0) is 37.0 Å². The molecule has 1 aliphatic rings. The van der Waals surface area contributed by atoms with Crippen LogP contribution in [0.3, 0.4) is 0 Å². The highest BCUT2D eigenvalue weighted by Crippen LogP contribution is 2.42. The molecule has 23 heavy (non-hydrogen) atoms. The summed E-state index contributed by atoms with van der Waals surface area (Å²) in [5, 5.41) is 3.66. The smallest absolute Gasteiger partial charge is 0.323 e. The maximum absolute atomic E-state index is 13.3. The molecule has 3 nitrogen and oxygen atoms in total. The van der Waals surface area contributed by atoms with Crippen molar-refractivity contribution in [1.29, 1.82) is 0 Å². The maximum Gasteiger partial charge on any atom is 0.417 e. The summed E-state index contributed by atoms with van der Waals surface area (Å²) < 4.78 is 39.9. The van der Waals surface area contributed by atoms with Gasteiger partial charge in [0, 0.05) is 11.5 Å². The van der Waals surface area contributed by atoms with Crippen molar-refractivity contribution in [2.24, 2.45) is 21.9 Å². The van der Waals surface area contributed by atoms with Gasteiger partial charge in [-0.25, -0.2) is 4.99 Å². The van der Waals surface area contributed by atoms with E-state index in [2.05, 4.69) is 16.7 Å². The first-order valence-electron chi connectivity index (χ1n) is 7.08. The fraction of sp³-hybridized carbons (Fsp3) is 0.375. The van der Waals surface area contributed by atoms with Crippen LogP contribution in [0.15, 0.2) is 28.8 Å². The number of benzene rings is 1. The zero-order valence-corrected chi connectivity index (χ0v) is 13.6. The van der Waals surface area contributed by atoms with Gasteiger partial charge in [0.05, 0.1) is 11.3 Å². The third-order valence-electron chi connectivity index (χ3n) is 3.87. The summed E-state index contributed by atoms with van der Waals surface area (Å²) in [6.07, 6.45) is -3.27. The number of fused-ring (bicyclic) bond motifs is 1. The molecule has 0 aromatic heterocycles. The molecule has 1 heterocycles. The molecule has 1 atom stereocenters. The largest absolute Gasteiger partial charge is 0.417 e. The first-order chi connectivity index (χ1) is 10.7. The molecule has 0 bridgehead atoms. The van der Waals surface area contributed by atoms with Crippen molar-refractivity contribution < 1.29 is 13.2 Å². The number of aryl methyl sites for hydroxylation is 1. The Bertz CT molecular complexity index is 705. The SMILES string of the molecule is C=C(C)c1c(C(F)(F)F)ccc2c1N=C(Cl)/C(=N/N)C(C)CC2. The summed E-state index contributed by atoms with van der Waals surface area (Å²) in [5.41, 5.74) is 0.781. The van der Waals surface area contributed by atoms with Gasteiger partial charge in [-0.3, -0.25) is 0 Å². The zero-order chi connectivity index (χ0) is 17.4. The molecule has 1 aromatic rings. The van der Waals surface area contributed by atoms with Crippen LogP contribution < -0.4 is 5.84 Å². The second-order valence-electron chi connectivity index (χ2n) is 5.63. The number of nitrogens with two attached hydrogens (primary N) is 1. The Kier molecular flexibility index (Phi) is 4.84. The van der Waals surface area contributed by atoms with Gasteiger partial charge in [0.15, 0.2) is 5.17 Å². The molecule has 1 aliphatic heterocycles. The molecule has 2 rings (SSSR count). The normalized spacial score (nSPS) is 20.5. The van der Waals surface area contributed by atoms with Gasteiger partial charge >= 0.3 is 6.18 Å². The van der Waals surface area contributed by atoms with Crippen molar-refractivity contribution >= 4 is 33.7 Å². The number of aliphatic imine (C=N–C) groups is 1. The second kappa shape index (κ2) is 6.35. The molecule has 2 N–H and O–H groups in total. The van der Waals surface area contributed by atoms with Crippen LogP contribution in [0.4, 0.5) is 18.9 Å². The molecule has 1 aromatic carbocycles. The van der Waals surface area contributed by atoms with E-state index in [0.29, 0.717) is 24.1 Å². The van der Waals surface area contributed by atoms with E-state index in [-0.39, 0.29) is 27.9 Å². The molecular formula is C16H17ClF3N3. The molecule has 0 aliphatic carbocycles. The lowest BCUT2D eigenvalue weighted by molar-refractivity contribution is -0.137. The predicted octanol–water partition coefficient (Wildman–Crippen LogP) is 4.90. The average Bonchev–Trinajstić information content (AvgIpc) is 2.43. The first-order valence-corrected chi connectivity index (χ1v) is 7.45. The lowest BCUT2D eigenvalue weighted by Crippen LogP contribution is -2.22. The minimum absolute atomic E-state index is 0.0165. The summed E-state index contributed by atoms with van der Waals surface area (Å²) >= 11 is 6.15. The van der Waals surface area contributed by atoms with Crippen LogP contribution in [0, 0.1) is 5.92 Å². The molecule has 0 radical (unpaired) electrons. The molecule has 0 fully saturated rings. The number of hydrogen-bond acceptors (Lipinski definition) is 3. The van der Waals surface area contributed by atoms with E-state index in [9.17, 15) is 13.2 Å². The highest BCUT2D eigenvalue weighted by atomic mass is 35.5. The van der Waals surface area contributed by atoms with Gasteiger partial charge in [-0.1, -0.05) is 31.2 Å². The number of allylic oxidation sites excluding steroid dienone is 1. The number of hydrogen-bond donors (Lipinski definition) is 1. The number of alkyl halides is 3. The highest BCUT2D eigenvalue weighted by molar-refractivity contribution is 6.84. The summed E-state index contributed by atoms with van der Waals surface area (Å²) in [7, 11) is 0. The van der Waals surface area contributed by atoms with Gasteiger partial charge in [-0.2, -0.15) is 18.3 Å². The minimum Gasteiger partial charge on any atom is -0.323 e. The lowest BCUT2D eigenvalue weighted by atomic mass is 9.90. The molecule has 0 spiro atoms. The van der Waals surface area contributed by atoms with Crippen LogP contribution in [0.2, 0.25) is 0 Å². The van der Waals surface area contributed by atoms with Crippen LogP contribution >= 0.6 is 11.6 Å². The van der Waals surface area contributed by atoms with Crippen molar-refractivity contribution in [3.05, 3.63) is 35.4 Å². The number of halogens is 4. The second-order valence-corrected chi connectivity index (χ2v) is 5.99. The standard InChI is InChI=1S/C16H17ClF3N3/c1-8(2)12-11(16(18,19)20)7-6-10-5-4-9(3)13(23-21)15(17)22-14(10)12/h6-7,9H,1,4-5,21H2,2-3H3/b22-15?,23-13+. The van der Waals surface area contributed by atoms with E-state index >= 15 is 0 Å². The molecule has 0 saturated heterocycles. The predicted molar refractivity (Wildman–Crippen MR) is 88.2 cm³/mol. The molecule has 7 heteroatoms. The van der Waals surface area contributed by atoms with Gasteiger partial charge in [0.2, 0.25) is 0 Å². The Labute approximate surface area is 137 Å². The zero-order valence-electron chi connectivity index (χ0n) is 12.8. The summed E-state index contributed by atoms with van der Waals surface area (Å²) in [6.45, 7) is 7.10. The van der Waals surface area contributed by atoms with Crippen LogP contribution in [0.5, 0.6) is 0 Å². The van der Waals surface area contributed by atoms with E-state index in [1.165, 1.54) is 13.0 Å². The fourth-order valence-electron chi connectivity index (χ4n) is 2.68.